The van der Waals surface area contributed by atoms with Gasteiger partial charge in [0.1, 0.15) is 34.5 Å². The highest BCUT2D eigenvalue weighted by Crippen LogP contribution is 2.43. The fraction of sp³-hybridized carbons (Fsp3) is 0.321. The molecule has 1 aliphatic rings. The zero-order chi connectivity index (χ0) is 27.9. The first-order chi connectivity index (χ1) is 18.5. The van der Waals surface area contributed by atoms with Gasteiger partial charge >= 0.3 is 12.1 Å². The monoisotopic (exact) mass is 541 g/mol. The van der Waals surface area contributed by atoms with Crippen molar-refractivity contribution in [3.05, 3.63) is 71.5 Å². The number of alkyl halides is 3. The number of hydrogen-bond acceptors (Lipinski definition) is 7. The molecule has 0 unspecified atom stereocenters. The van der Waals surface area contributed by atoms with Crippen molar-refractivity contribution in [1.82, 2.24) is 14.6 Å². The summed E-state index contributed by atoms with van der Waals surface area (Å²) in [7, 11) is 1.41. The second kappa shape index (κ2) is 9.79. The third-order valence-electron chi connectivity index (χ3n) is 6.32. The minimum Gasteiger partial charge on any atom is -0.496 e. The molecule has 4 aromatic rings. The number of aromatic nitrogens is 3. The Kier molecular flexibility index (Phi) is 6.61. The lowest BCUT2D eigenvalue weighted by atomic mass is 9.91. The average molecular weight is 542 g/mol. The SMILES string of the molecule is CCOc1ccc2c(c1)[C@H](OC(=O)c1cnn3c(C(F)(F)F)cc(-c4ccccc4OC)nc13)CC(C)(C)O2. The molecule has 0 bridgehead atoms. The minimum absolute atomic E-state index is 0.0271. The normalized spacial score (nSPS) is 16.3. The maximum Gasteiger partial charge on any atom is 0.433 e. The fourth-order valence-corrected chi connectivity index (χ4v) is 4.62. The summed E-state index contributed by atoms with van der Waals surface area (Å²) >= 11 is 0. The molecule has 11 heteroatoms. The summed E-state index contributed by atoms with van der Waals surface area (Å²) in [6.07, 6.45) is -4.17. The van der Waals surface area contributed by atoms with Gasteiger partial charge in [-0.05, 0) is 57.2 Å². The van der Waals surface area contributed by atoms with Gasteiger partial charge in [-0.15, -0.1) is 0 Å². The van der Waals surface area contributed by atoms with E-state index in [0.29, 0.717) is 45.9 Å². The molecule has 1 atom stereocenters. The van der Waals surface area contributed by atoms with Crippen LogP contribution in [0.5, 0.6) is 17.2 Å². The van der Waals surface area contributed by atoms with E-state index < -0.39 is 29.5 Å². The van der Waals surface area contributed by atoms with E-state index in [9.17, 15) is 18.0 Å². The number of carbonyl (C=O) groups is 1. The molecule has 204 valence electrons. The number of fused-ring (bicyclic) bond motifs is 2. The molecule has 39 heavy (non-hydrogen) atoms. The van der Waals surface area contributed by atoms with Crippen molar-refractivity contribution >= 4 is 11.6 Å². The molecule has 5 rings (SSSR count). The number of hydrogen-bond donors (Lipinski definition) is 0. The molecule has 0 N–H and O–H groups in total. The predicted molar refractivity (Wildman–Crippen MR) is 135 cm³/mol. The molecule has 3 heterocycles. The van der Waals surface area contributed by atoms with E-state index in [1.165, 1.54) is 7.11 Å². The van der Waals surface area contributed by atoms with Gasteiger partial charge in [0.15, 0.2) is 11.3 Å². The summed E-state index contributed by atoms with van der Waals surface area (Å²) < 4.78 is 65.7. The molecule has 0 radical (unpaired) electrons. The van der Waals surface area contributed by atoms with Gasteiger partial charge in [0.2, 0.25) is 0 Å². The number of ether oxygens (including phenoxy) is 4. The van der Waals surface area contributed by atoms with Crippen molar-refractivity contribution in [3.8, 4) is 28.5 Å². The molecule has 8 nitrogen and oxygen atoms in total. The second-order valence-corrected chi connectivity index (χ2v) is 9.61. The number of benzene rings is 2. The Hall–Kier alpha value is -4.28. The lowest BCUT2D eigenvalue weighted by Crippen LogP contribution is -2.36. The number of methoxy groups -OCH3 is 1. The van der Waals surface area contributed by atoms with Crippen LogP contribution in [-0.2, 0) is 10.9 Å². The molecule has 0 saturated carbocycles. The Morgan fingerprint density at radius 1 is 1.18 bits per heavy atom. The molecule has 2 aromatic heterocycles. The van der Waals surface area contributed by atoms with E-state index in [0.717, 1.165) is 12.3 Å². The van der Waals surface area contributed by atoms with E-state index in [1.54, 1.807) is 42.5 Å². The molecule has 0 spiro atoms. The van der Waals surface area contributed by atoms with Gasteiger partial charge in [-0.3, -0.25) is 0 Å². The molecule has 0 fully saturated rings. The van der Waals surface area contributed by atoms with Crippen LogP contribution in [-0.4, -0.2) is 39.9 Å². The molecular formula is C28H26F3N3O5. The van der Waals surface area contributed by atoms with Gasteiger partial charge in [-0.25, -0.2) is 14.3 Å². The van der Waals surface area contributed by atoms with Crippen LogP contribution < -0.4 is 14.2 Å². The quantitative estimate of drug-likeness (QED) is 0.266. The molecule has 0 aliphatic carbocycles. The fourth-order valence-electron chi connectivity index (χ4n) is 4.62. The molecule has 1 aliphatic heterocycles. The molecule has 0 amide bonds. The lowest BCUT2D eigenvalue weighted by molar-refractivity contribution is -0.142. The van der Waals surface area contributed by atoms with Crippen molar-refractivity contribution in [2.45, 2.75) is 45.1 Å². The number of halogens is 3. The smallest absolute Gasteiger partial charge is 0.433 e. The Balaban J connectivity index is 1.58. The van der Waals surface area contributed by atoms with E-state index in [2.05, 4.69) is 10.1 Å². The molecular weight excluding hydrogens is 515 g/mol. The van der Waals surface area contributed by atoms with Gasteiger partial charge in [0.25, 0.3) is 0 Å². The van der Waals surface area contributed by atoms with Gasteiger partial charge < -0.3 is 18.9 Å². The molecule has 2 aromatic carbocycles. The van der Waals surface area contributed by atoms with Crippen molar-refractivity contribution in [1.29, 1.82) is 0 Å². The van der Waals surface area contributed by atoms with E-state index in [1.807, 2.05) is 20.8 Å². The number of para-hydroxylation sites is 1. The number of nitrogens with zero attached hydrogens (tertiary/aromatic N) is 3. The number of carbonyl (C=O) groups excluding carboxylic acids is 1. The third-order valence-corrected chi connectivity index (χ3v) is 6.32. The van der Waals surface area contributed by atoms with Crippen LogP contribution in [0.15, 0.2) is 54.7 Å². The molecule has 0 saturated heterocycles. The summed E-state index contributed by atoms with van der Waals surface area (Å²) in [5.41, 5.74) is -1.34. The maximum absolute atomic E-state index is 14.1. The highest BCUT2D eigenvalue weighted by Gasteiger charge is 2.39. The standard InChI is InChI=1S/C28H26F3N3O5/c1-5-37-16-10-11-22-18(12-16)23(14-27(2,3)39-22)38-26(35)19-15-32-34-24(28(29,30)31)13-20(33-25(19)34)17-8-6-7-9-21(17)36-4/h6-13,15,23H,5,14H2,1-4H3/t23-/m1/s1. The second-order valence-electron chi connectivity index (χ2n) is 9.61. The van der Waals surface area contributed by atoms with Crippen LogP contribution in [0.1, 0.15) is 54.9 Å². The van der Waals surface area contributed by atoms with Crippen molar-refractivity contribution < 1.29 is 36.9 Å². The van der Waals surface area contributed by atoms with Crippen molar-refractivity contribution in [2.75, 3.05) is 13.7 Å². The highest BCUT2D eigenvalue weighted by atomic mass is 19.4. The third kappa shape index (κ3) is 5.08. The summed E-state index contributed by atoms with van der Waals surface area (Å²) in [6, 6.07) is 12.7. The maximum atomic E-state index is 14.1. The Morgan fingerprint density at radius 3 is 2.67 bits per heavy atom. The van der Waals surface area contributed by atoms with Gasteiger partial charge in [-0.2, -0.15) is 18.3 Å². The summed E-state index contributed by atoms with van der Waals surface area (Å²) in [4.78, 5) is 17.8. The van der Waals surface area contributed by atoms with E-state index in [4.69, 9.17) is 18.9 Å². The van der Waals surface area contributed by atoms with E-state index in [-0.39, 0.29) is 16.9 Å². The first-order valence-corrected chi connectivity index (χ1v) is 12.3. The van der Waals surface area contributed by atoms with Crippen LogP contribution in [0.4, 0.5) is 13.2 Å². The Morgan fingerprint density at radius 2 is 1.95 bits per heavy atom. The average Bonchev–Trinajstić information content (AvgIpc) is 3.31. The highest BCUT2D eigenvalue weighted by molar-refractivity contribution is 5.96. The predicted octanol–water partition coefficient (Wildman–Crippen LogP) is 6.28. The van der Waals surface area contributed by atoms with Crippen molar-refractivity contribution in [3.63, 3.8) is 0 Å². The summed E-state index contributed by atoms with van der Waals surface area (Å²) in [6.45, 7) is 6.02. The van der Waals surface area contributed by atoms with Crippen LogP contribution in [0.25, 0.3) is 16.9 Å². The summed E-state index contributed by atoms with van der Waals surface area (Å²) in [5.74, 6) is 0.577. The first-order valence-electron chi connectivity index (χ1n) is 12.3. The number of rotatable bonds is 6. The lowest BCUT2D eigenvalue weighted by Gasteiger charge is -2.37. The van der Waals surface area contributed by atoms with E-state index >= 15 is 0 Å². The first kappa shape index (κ1) is 26.3. The minimum atomic E-state index is -4.77. The van der Waals surface area contributed by atoms with Crippen LogP contribution >= 0.6 is 0 Å². The van der Waals surface area contributed by atoms with Gasteiger partial charge in [-0.1, -0.05) is 12.1 Å². The largest absolute Gasteiger partial charge is 0.496 e. The zero-order valence-electron chi connectivity index (χ0n) is 21.7. The topological polar surface area (TPSA) is 84.2 Å². The van der Waals surface area contributed by atoms with Crippen LogP contribution in [0.2, 0.25) is 0 Å². The Bertz CT molecular complexity index is 1550. The van der Waals surface area contributed by atoms with Crippen LogP contribution in [0.3, 0.4) is 0 Å². The van der Waals surface area contributed by atoms with Crippen LogP contribution in [0, 0.1) is 0 Å². The number of esters is 1. The van der Waals surface area contributed by atoms with Gasteiger partial charge in [0, 0.05) is 17.5 Å². The van der Waals surface area contributed by atoms with Gasteiger partial charge in [0.05, 0.1) is 25.6 Å². The Labute approximate surface area is 222 Å². The summed E-state index contributed by atoms with van der Waals surface area (Å²) in [5, 5.41) is 3.85. The van der Waals surface area contributed by atoms with Crippen molar-refractivity contribution in [2.24, 2.45) is 0 Å². The zero-order valence-corrected chi connectivity index (χ0v) is 21.7.